The molecule has 0 saturated carbocycles. The quantitative estimate of drug-likeness (QED) is 0.548. The predicted molar refractivity (Wildman–Crippen MR) is 43.1 cm³/mol. The van der Waals surface area contributed by atoms with Crippen LogP contribution in [0, 0.1) is 11.3 Å². The molecule has 1 aromatic rings. The summed E-state index contributed by atoms with van der Waals surface area (Å²) in [6.45, 7) is 1.76. The van der Waals surface area contributed by atoms with Gasteiger partial charge in [-0.25, -0.2) is 0 Å². The number of aromatic nitrogens is 2. The minimum Gasteiger partial charge on any atom is -0.296 e. The molecule has 4 nitrogen and oxygen atoms in total. The number of hydrogen-bond acceptors (Lipinski definition) is 3. The smallest absolute Gasteiger partial charge is 0.167 e. The van der Waals surface area contributed by atoms with E-state index in [0.717, 1.165) is 18.7 Å². The van der Waals surface area contributed by atoms with Crippen LogP contribution in [0.4, 0.5) is 0 Å². The Kier molecular flexibility index (Phi) is 1.42. The molecule has 0 bridgehead atoms. The van der Waals surface area contributed by atoms with E-state index in [0.29, 0.717) is 5.69 Å². The van der Waals surface area contributed by atoms with E-state index in [9.17, 15) is 0 Å². The van der Waals surface area contributed by atoms with Gasteiger partial charge in [0.2, 0.25) is 0 Å². The van der Waals surface area contributed by atoms with Crippen molar-refractivity contribution in [2.45, 2.75) is 13.1 Å². The van der Waals surface area contributed by atoms with Crippen molar-refractivity contribution in [2.24, 2.45) is 7.05 Å². The number of nitrogens with zero attached hydrogens (tertiary/aromatic N) is 4. The van der Waals surface area contributed by atoms with E-state index >= 15 is 0 Å². The van der Waals surface area contributed by atoms with E-state index in [2.05, 4.69) is 16.1 Å². The van der Waals surface area contributed by atoms with Gasteiger partial charge in [0, 0.05) is 25.7 Å². The molecule has 0 atom stereocenters. The Morgan fingerprint density at radius 1 is 1.42 bits per heavy atom. The second kappa shape index (κ2) is 2.32. The van der Waals surface area contributed by atoms with Crippen molar-refractivity contribution in [3.63, 3.8) is 0 Å². The highest BCUT2D eigenvalue weighted by molar-refractivity contribution is 5.37. The average molecular weight is 162 g/mol. The van der Waals surface area contributed by atoms with Gasteiger partial charge in [0.25, 0.3) is 0 Å². The number of nitriles is 1. The third kappa shape index (κ3) is 0.836. The summed E-state index contributed by atoms with van der Waals surface area (Å²) in [6.07, 6.45) is 0. The number of aryl methyl sites for hydroxylation is 1. The number of hydrogen-bond donors (Lipinski definition) is 0. The summed E-state index contributed by atoms with van der Waals surface area (Å²) in [5, 5.41) is 12.9. The Labute approximate surface area is 71.0 Å². The Hall–Kier alpha value is -1.34. The largest absolute Gasteiger partial charge is 0.296 e. The molecule has 0 unspecified atom stereocenters. The van der Waals surface area contributed by atoms with Gasteiger partial charge in [-0.05, 0) is 7.05 Å². The van der Waals surface area contributed by atoms with Gasteiger partial charge in [0.05, 0.1) is 5.69 Å². The first-order valence-corrected chi connectivity index (χ1v) is 3.85. The minimum atomic E-state index is 0.580. The van der Waals surface area contributed by atoms with Crippen LogP contribution in [0.25, 0.3) is 0 Å². The van der Waals surface area contributed by atoms with E-state index < -0.39 is 0 Å². The Morgan fingerprint density at radius 2 is 2.17 bits per heavy atom. The van der Waals surface area contributed by atoms with Crippen LogP contribution in [-0.4, -0.2) is 21.7 Å². The van der Waals surface area contributed by atoms with Gasteiger partial charge >= 0.3 is 0 Å². The predicted octanol–water partition coefficient (Wildman–Crippen LogP) is 0.237. The molecule has 0 spiro atoms. The molecule has 62 valence electrons. The number of fused-ring (bicyclic) bond motifs is 1. The zero-order valence-corrected chi connectivity index (χ0v) is 7.20. The average Bonchev–Trinajstić information content (AvgIpc) is 2.52. The van der Waals surface area contributed by atoms with Crippen LogP contribution in [0.5, 0.6) is 0 Å². The van der Waals surface area contributed by atoms with Gasteiger partial charge in [0.15, 0.2) is 5.69 Å². The Morgan fingerprint density at radius 3 is 2.83 bits per heavy atom. The normalized spacial score (nSPS) is 16.1. The Balaban J connectivity index is 2.54. The summed E-state index contributed by atoms with van der Waals surface area (Å²) in [7, 11) is 3.93. The van der Waals surface area contributed by atoms with Crippen molar-refractivity contribution >= 4 is 0 Å². The molecule has 0 saturated heterocycles. The summed E-state index contributed by atoms with van der Waals surface area (Å²) >= 11 is 0. The maximum atomic E-state index is 8.76. The van der Waals surface area contributed by atoms with Gasteiger partial charge in [-0.15, -0.1) is 0 Å². The molecule has 0 aromatic carbocycles. The number of rotatable bonds is 0. The highest BCUT2D eigenvalue weighted by atomic mass is 15.3. The molecule has 1 aliphatic rings. The van der Waals surface area contributed by atoms with Crippen LogP contribution in [0.1, 0.15) is 17.0 Å². The standard InChI is InChI=1S/C8H10N4/c1-11-4-6-7(3-9)10-12(2)8(6)5-11/h4-5H2,1-2H3. The molecule has 2 heterocycles. The highest BCUT2D eigenvalue weighted by Gasteiger charge is 2.23. The Bertz CT molecular complexity index is 358. The first-order valence-electron chi connectivity index (χ1n) is 3.85. The van der Waals surface area contributed by atoms with Gasteiger partial charge in [-0.2, -0.15) is 10.4 Å². The van der Waals surface area contributed by atoms with Crippen LogP contribution in [-0.2, 0) is 20.1 Å². The lowest BCUT2D eigenvalue weighted by Gasteiger charge is -2.05. The summed E-state index contributed by atoms with van der Waals surface area (Å²) in [5.41, 5.74) is 2.86. The fourth-order valence-electron chi connectivity index (χ4n) is 1.64. The van der Waals surface area contributed by atoms with Gasteiger partial charge < -0.3 is 0 Å². The molecule has 1 aliphatic heterocycles. The third-order valence-corrected chi connectivity index (χ3v) is 2.23. The molecular weight excluding hydrogens is 152 g/mol. The van der Waals surface area contributed by atoms with E-state index in [1.165, 1.54) is 5.69 Å². The third-order valence-electron chi connectivity index (χ3n) is 2.23. The fourth-order valence-corrected chi connectivity index (χ4v) is 1.64. The van der Waals surface area contributed by atoms with E-state index in [1.807, 2.05) is 14.1 Å². The molecular formula is C8H10N4. The van der Waals surface area contributed by atoms with Crippen LogP contribution in [0.3, 0.4) is 0 Å². The maximum Gasteiger partial charge on any atom is 0.167 e. The van der Waals surface area contributed by atoms with Crippen LogP contribution < -0.4 is 0 Å². The van der Waals surface area contributed by atoms with E-state index in [-0.39, 0.29) is 0 Å². The molecule has 4 heteroatoms. The monoisotopic (exact) mass is 162 g/mol. The van der Waals surface area contributed by atoms with Crippen molar-refractivity contribution in [1.82, 2.24) is 14.7 Å². The molecule has 2 rings (SSSR count). The highest BCUT2D eigenvalue weighted by Crippen LogP contribution is 2.23. The van der Waals surface area contributed by atoms with Crippen molar-refractivity contribution in [1.29, 1.82) is 5.26 Å². The minimum absolute atomic E-state index is 0.580. The van der Waals surface area contributed by atoms with Crippen molar-refractivity contribution in [3.8, 4) is 6.07 Å². The topological polar surface area (TPSA) is 44.9 Å². The second-order valence-corrected chi connectivity index (χ2v) is 3.18. The van der Waals surface area contributed by atoms with Gasteiger partial charge in [-0.1, -0.05) is 0 Å². The molecule has 0 fully saturated rings. The molecule has 0 N–H and O–H groups in total. The van der Waals surface area contributed by atoms with E-state index in [1.54, 1.807) is 4.68 Å². The lowest BCUT2D eigenvalue weighted by molar-refractivity contribution is 0.343. The molecule has 0 radical (unpaired) electrons. The SMILES string of the molecule is CN1Cc2c(C#N)nn(C)c2C1. The fraction of sp³-hybridized carbons (Fsp3) is 0.500. The summed E-state index contributed by atoms with van der Waals surface area (Å²) in [4.78, 5) is 2.17. The summed E-state index contributed by atoms with van der Waals surface area (Å²) in [6, 6.07) is 2.11. The zero-order chi connectivity index (χ0) is 8.72. The van der Waals surface area contributed by atoms with Gasteiger partial charge in [0.1, 0.15) is 6.07 Å². The molecule has 0 amide bonds. The first-order chi connectivity index (χ1) is 5.72. The second-order valence-electron chi connectivity index (χ2n) is 3.18. The summed E-state index contributed by atoms with van der Waals surface area (Å²) in [5.74, 6) is 0. The van der Waals surface area contributed by atoms with Crippen molar-refractivity contribution in [2.75, 3.05) is 7.05 Å². The van der Waals surface area contributed by atoms with Crippen LogP contribution in [0.2, 0.25) is 0 Å². The zero-order valence-electron chi connectivity index (χ0n) is 7.20. The molecule has 12 heavy (non-hydrogen) atoms. The lowest BCUT2D eigenvalue weighted by atomic mass is 10.2. The summed E-state index contributed by atoms with van der Waals surface area (Å²) < 4.78 is 1.80. The van der Waals surface area contributed by atoms with Crippen LogP contribution >= 0.6 is 0 Å². The lowest BCUT2D eigenvalue weighted by Crippen LogP contribution is -2.11. The first kappa shape index (κ1) is 7.32. The molecule has 0 aliphatic carbocycles. The van der Waals surface area contributed by atoms with E-state index in [4.69, 9.17) is 5.26 Å². The maximum absolute atomic E-state index is 8.76. The molecule has 1 aromatic heterocycles. The van der Waals surface area contributed by atoms with Crippen LogP contribution in [0.15, 0.2) is 0 Å². The van der Waals surface area contributed by atoms with Crippen molar-refractivity contribution < 1.29 is 0 Å². The van der Waals surface area contributed by atoms with Gasteiger partial charge in [-0.3, -0.25) is 9.58 Å². The van der Waals surface area contributed by atoms with Crippen molar-refractivity contribution in [3.05, 3.63) is 17.0 Å².